The van der Waals surface area contributed by atoms with Gasteiger partial charge in [0.2, 0.25) is 5.91 Å². The van der Waals surface area contributed by atoms with Gasteiger partial charge in [0.1, 0.15) is 4.70 Å². The van der Waals surface area contributed by atoms with E-state index in [1.165, 1.54) is 11.8 Å². The minimum Gasteiger partial charge on any atom is -0.366 e. The molecule has 3 rings (SSSR count). The highest BCUT2D eigenvalue weighted by Crippen LogP contribution is 2.37. The summed E-state index contributed by atoms with van der Waals surface area (Å²) < 4.78 is 16.4. The summed E-state index contributed by atoms with van der Waals surface area (Å²) in [6.45, 7) is 5.63. The number of carbonyl (C=O) groups excluding carboxylic acids is 1. The molecule has 6 N–H and O–H groups in total. The molecule has 2 heterocycles. The molecule has 0 saturated carbocycles. The number of carbonyl (C=O) groups is 1. The number of hydrogen-bond donors (Lipinski definition) is 5. The molecular formula is C20H26N5O6PS2. The zero-order valence-corrected chi connectivity index (χ0v) is 21.2. The lowest BCUT2D eigenvalue weighted by molar-refractivity contribution is 0.1000. The Bertz CT molecular complexity index is 1270. The van der Waals surface area contributed by atoms with Crippen LogP contribution in [-0.2, 0) is 9.09 Å². The van der Waals surface area contributed by atoms with Crippen molar-refractivity contribution in [2.75, 3.05) is 11.9 Å². The predicted octanol–water partition coefficient (Wildman–Crippen LogP) is 3.27. The molecule has 0 spiro atoms. The Morgan fingerprint density at radius 3 is 2.71 bits per heavy atom. The van der Waals surface area contributed by atoms with Gasteiger partial charge in [0.05, 0.1) is 12.6 Å². The topological polar surface area (TPSA) is 181 Å². The van der Waals surface area contributed by atoms with Gasteiger partial charge in [-0.15, -0.1) is 0 Å². The lowest BCUT2D eigenvalue weighted by Gasteiger charge is -2.22. The number of nitrogens with one attached hydrogen (secondary N) is 2. The van der Waals surface area contributed by atoms with Gasteiger partial charge in [0.25, 0.3) is 0 Å². The van der Waals surface area contributed by atoms with Crippen molar-refractivity contribution >= 4 is 53.0 Å². The lowest BCUT2D eigenvalue weighted by Crippen LogP contribution is -2.27. The third-order valence-electron chi connectivity index (χ3n) is 4.72. The van der Waals surface area contributed by atoms with Crippen LogP contribution >= 0.6 is 30.9 Å². The maximum absolute atomic E-state index is 12.0. The van der Waals surface area contributed by atoms with E-state index in [-0.39, 0.29) is 22.6 Å². The minimum absolute atomic E-state index is 0.139. The Hall–Kier alpha value is -2.28. The number of aromatic amines is 1. The Balaban J connectivity index is 1.91. The Kier molecular flexibility index (Phi) is 8.50. The number of fused-ring (bicyclic) bond motifs is 1. The van der Waals surface area contributed by atoms with Gasteiger partial charge in [-0.2, -0.15) is 0 Å². The van der Waals surface area contributed by atoms with Crippen molar-refractivity contribution < 1.29 is 23.7 Å². The van der Waals surface area contributed by atoms with Crippen LogP contribution in [0.15, 0.2) is 34.2 Å². The van der Waals surface area contributed by atoms with Crippen molar-refractivity contribution in [1.29, 1.82) is 0 Å². The van der Waals surface area contributed by atoms with Crippen LogP contribution < -0.4 is 15.9 Å². The number of rotatable bonds is 11. The number of phosphoric ester groups is 1. The number of nitrogens with zero attached hydrogens (tertiary/aromatic N) is 2. The second-order valence-corrected chi connectivity index (χ2v) is 11.6. The molecule has 3 aromatic rings. The van der Waals surface area contributed by atoms with Gasteiger partial charge in [-0.05, 0) is 37.0 Å². The number of amides is 1. The van der Waals surface area contributed by atoms with Crippen molar-refractivity contribution in [3.63, 3.8) is 0 Å². The smallest absolute Gasteiger partial charge is 0.366 e. The van der Waals surface area contributed by atoms with Gasteiger partial charge in [0.15, 0.2) is 16.6 Å². The molecule has 1 aromatic carbocycles. The van der Waals surface area contributed by atoms with Crippen LogP contribution in [-0.4, -0.2) is 43.3 Å². The van der Waals surface area contributed by atoms with E-state index in [0.29, 0.717) is 33.3 Å². The Morgan fingerprint density at radius 1 is 1.32 bits per heavy atom. The fourth-order valence-electron chi connectivity index (χ4n) is 3.27. The fraction of sp³-hybridized carbons (Fsp3) is 0.400. The van der Waals surface area contributed by atoms with Gasteiger partial charge in [-0.1, -0.05) is 49.1 Å². The van der Waals surface area contributed by atoms with Crippen molar-refractivity contribution in [3.05, 3.63) is 45.1 Å². The summed E-state index contributed by atoms with van der Waals surface area (Å²) in [5, 5.41) is 3.41. The monoisotopic (exact) mass is 527 g/mol. The first-order valence-corrected chi connectivity index (χ1v) is 13.6. The first kappa shape index (κ1) is 26.3. The molecule has 2 unspecified atom stereocenters. The summed E-state index contributed by atoms with van der Waals surface area (Å²) in [4.78, 5) is 53.2. The molecule has 1 amide bonds. The number of benzene rings is 1. The highest BCUT2D eigenvalue weighted by Gasteiger charge is 2.22. The predicted molar refractivity (Wildman–Crippen MR) is 132 cm³/mol. The molecule has 0 aliphatic heterocycles. The second-order valence-electron chi connectivity index (χ2n) is 8.05. The molecule has 34 heavy (non-hydrogen) atoms. The number of H-pyrrole nitrogens is 1. The zero-order chi connectivity index (χ0) is 25.0. The maximum Gasteiger partial charge on any atom is 0.469 e. The van der Waals surface area contributed by atoms with E-state index in [1.807, 2.05) is 26.8 Å². The van der Waals surface area contributed by atoms with Gasteiger partial charge >= 0.3 is 12.7 Å². The average Bonchev–Trinajstić information content (AvgIpc) is 3.11. The molecule has 11 nitrogen and oxygen atoms in total. The second kappa shape index (κ2) is 11.0. The number of nitrogens with two attached hydrogens (primary N) is 1. The molecule has 0 fully saturated rings. The van der Waals surface area contributed by atoms with E-state index >= 15 is 0 Å². The number of anilines is 1. The fourth-order valence-corrected chi connectivity index (χ4v) is 5.25. The molecular weight excluding hydrogens is 501 g/mol. The number of primary amides is 1. The third-order valence-corrected chi connectivity index (χ3v) is 7.11. The number of thiazole rings is 1. The SMILES string of the molecule is CC(C)CC(COP(=O)(O)O)Nc1nc(SC(C)c2cccc(C(N)=O)c2)nc2[nH]c(=O)sc12. The van der Waals surface area contributed by atoms with Crippen LogP contribution in [0.25, 0.3) is 10.3 Å². The van der Waals surface area contributed by atoms with E-state index in [1.54, 1.807) is 18.2 Å². The summed E-state index contributed by atoms with van der Waals surface area (Å²) in [6.07, 6.45) is 0.545. The summed E-state index contributed by atoms with van der Waals surface area (Å²) >= 11 is 2.27. The van der Waals surface area contributed by atoms with Crippen molar-refractivity contribution in [2.24, 2.45) is 11.7 Å². The van der Waals surface area contributed by atoms with Crippen LogP contribution in [0, 0.1) is 5.92 Å². The standard InChI is InChI=1S/C20H26N5O6PS2/c1-10(2)7-14(9-31-32(28,29)30)22-17-15-18(25-20(27)34-15)24-19(23-17)33-11(3)12-5-4-6-13(8-12)16(21)26/h4-6,8,10-11,14H,7,9H2,1-3H3,(H2,21,26)(H2,28,29,30)(H2,22,23,24,25,27). The highest BCUT2D eigenvalue weighted by molar-refractivity contribution is 7.99. The van der Waals surface area contributed by atoms with Crippen LogP contribution in [0.3, 0.4) is 0 Å². The largest absolute Gasteiger partial charge is 0.469 e. The zero-order valence-electron chi connectivity index (χ0n) is 18.7. The molecule has 0 aliphatic carbocycles. The van der Waals surface area contributed by atoms with Crippen LogP contribution in [0.4, 0.5) is 5.82 Å². The van der Waals surface area contributed by atoms with E-state index in [4.69, 9.17) is 20.0 Å². The van der Waals surface area contributed by atoms with E-state index in [0.717, 1.165) is 16.9 Å². The number of aromatic nitrogens is 3. The average molecular weight is 528 g/mol. The Labute approximate surface area is 203 Å². The normalized spacial score (nSPS) is 13.8. The quantitative estimate of drug-likeness (QED) is 0.141. The molecule has 0 radical (unpaired) electrons. The molecule has 2 aromatic heterocycles. The maximum atomic E-state index is 12.0. The van der Waals surface area contributed by atoms with Gasteiger partial charge in [-0.25, -0.2) is 14.5 Å². The first-order chi connectivity index (χ1) is 15.9. The van der Waals surface area contributed by atoms with Crippen molar-refractivity contribution in [3.8, 4) is 0 Å². The molecule has 14 heteroatoms. The van der Waals surface area contributed by atoms with Gasteiger partial charge in [-0.3, -0.25) is 19.1 Å². The summed E-state index contributed by atoms with van der Waals surface area (Å²) in [5.74, 6) is 0.0493. The highest BCUT2D eigenvalue weighted by atomic mass is 32.2. The van der Waals surface area contributed by atoms with Gasteiger partial charge in [0, 0.05) is 10.8 Å². The van der Waals surface area contributed by atoms with Crippen molar-refractivity contribution in [1.82, 2.24) is 15.0 Å². The first-order valence-electron chi connectivity index (χ1n) is 10.3. The lowest BCUT2D eigenvalue weighted by atomic mass is 10.0. The van der Waals surface area contributed by atoms with E-state index in [9.17, 15) is 14.2 Å². The molecule has 184 valence electrons. The summed E-state index contributed by atoms with van der Waals surface area (Å²) in [6, 6.07) is 6.50. The number of hydrogen-bond acceptors (Lipinski definition) is 9. The number of thioether (sulfide) groups is 1. The molecule has 0 aliphatic rings. The van der Waals surface area contributed by atoms with E-state index in [2.05, 4.69) is 20.3 Å². The van der Waals surface area contributed by atoms with Crippen molar-refractivity contribution in [2.45, 2.75) is 43.6 Å². The van der Waals surface area contributed by atoms with Crippen LogP contribution in [0.5, 0.6) is 0 Å². The van der Waals surface area contributed by atoms with Gasteiger partial charge < -0.3 is 20.8 Å². The minimum atomic E-state index is -4.65. The Morgan fingerprint density at radius 2 is 2.06 bits per heavy atom. The molecule has 2 atom stereocenters. The van der Waals surface area contributed by atoms with Crippen LogP contribution in [0.1, 0.15) is 48.4 Å². The third kappa shape index (κ3) is 7.36. The van der Waals surface area contributed by atoms with E-state index < -0.39 is 19.8 Å². The molecule has 0 bridgehead atoms. The summed E-state index contributed by atoms with van der Waals surface area (Å²) in [7, 11) is -4.65. The van der Waals surface area contributed by atoms with Crippen LogP contribution in [0.2, 0.25) is 0 Å². The summed E-state index contributed by atoms with van der Waals surface area (Å²) in [5.41, 5.74) is 6.98. The molecule has 0 saturated heterocycles. The number of phosphoric acid groups is 1.